The Hall–Kier alpha value is -2.82. The average molecular weight is 367 g/mol. The van der Waals surface area contributed by atoms with Crippen LogP contribution in [0.3, 0.4) is 0 Å². The van der Waals surface area contributed by atoms with Crippen LogP contribution in [0.25, 0.3) is 0 Å². The third-order valence-corrected chi connectivity index (χ3v) is 4.93. The number of rotatable bonds is 5. The van der Waals surface area contributed by atoms with Crippen molar-refractivity contribution in [3.63, 3.8) is 0 Å². The first kappa shape index (κ1) is 19.0. The van der Waals surface area contributed by atoms with Gasteiger partial charge in [-0.1, -0.05) is 6.07 Å². The summed E-state index contributed by atoms with van der Waals surface area (Å²) in [6, 6.07) is 12.2. The number of aromatic hydroxyl groups is 1. The van der Waals surface area contributed by atoms with Crippen molar-refractivity contribution in [3.8, 4) is 11.5 Å². The van der Waals surface area contributed by atoms with E-state index in [1.165, 1.54) is 12.1 Å². The molecule has 0 unspecified atom stereocenters. The third-order valence-electron chi connectivity index (χ3n) is 4.93. The molecule has 1 amide bonds. The number of Topliss-reactive ketones (excluding diaryl/α,β-unsaturated/α-hetero) is 1. The molecule has 0 aromatic heterocycles. The molecule has 2 aromatic carbocycles. The fourth-order valence-electron chi connectivity index (χ4n) is 3.51. The number of carbonyl (C=O) groups is 2. The molecule has 1 heterocycles. The van der Waals surface area contributed by atoms with Gasteiger partial charge in [0.15, 0.2) is 12.4 Å². The zero-order valence-electron chi connectivity index (χ0n) is 15.8. The summed E-state index contributed by atoms with van der Waals surface area (Å²) in [4.78, 5) is 26.7. The number of ether oxygens (including phenoxy) is 1. The molecule has 0 saturated carbocycles. The largest absolute Gasteiger partial charge is 0.508 e. The number of aryl methyl sites for hydroxylation is 2. The maximum Gasteiger partial charge on any atom is 0.260 e. The number of likely N-dealkylation sites (tertiary alicyclic amines) is 1. The molecule has 1 aliphatic rings. The second kappa shape index (κ2) is 8.25. The van der Waals surface area contributed by atoms with Gasteiger partial charge < -0.3 is 14.7 Å². The van der Waals surface area contributed by atoms with Crippen LogP contribution < -0.4 is 4.74 Å². The van der Waals surface area contributed by atoms with Gasteiger partial charge in [0.2, 0.25) is 0 Å². The summed E-state index contributed by atoms with van der Waals surface area (Å²) in [6.45, 7) is 5.13. The minimum absolute atomic E-state index is 0.0134. The highest BCUT2D eigenvalue weighted by atomic mass is 16.5. The first-order valence-corrected chi connectivity index (χ1v) is 9.24. The van der Waals surface area contributed by atoms with Crippen LogP contribution in [0.2, 0.25) is 0 Å². The molecule has 0 atom stereocenters. The van der Waals surface area contributed by atoms with Crippen molar-refractivity contribution in [2.45, 2.75) is 26.7 Å². The lowest BCUT2D eigenvalue weighted by molar-refractivity contribution is -0.134. The Balaban J connectivity index is 1.50. The van der Waals surface area contributed by atoms with E-state index < -0.39 is 0 Å². The van der Waals surface area contributed by atoms with Crippen molar-refractivity contribution in [2.75, 3.05) is 19.7 Å². The van der Waals surface area contributed by atoms with Gasteiger partial charge in [-0.2, -0.15) is 0 Å². The first-order chi connectivity index (χ1) is 12.9. The SMILES string of the molecule is Cc1cc(C)cc(OCC(=O)N2CCC(C(=O)c3ccc(O)cc3)CC2)c1. The fourth-order valence-corrected chi connectivity index (χ4v) is 3.51. The van der Waals surface area contributed by atoms with Crippen LogP contribution in [0.4, 0.5) is 0 Å². The summed E-state index contributed by atoms with van der Waals surface area (Å²) >= 11 is 0. The second-order valence-corrected chi connectivity index (χ2v) is 7.18. The van der Waals surface area contributed by atoms with E-state index in [1.54, 1.807) is 17.0 Å². The van der Waals surface area contributed by atoms with E-state index in [9.17, 15) is 14.7 Å². The van der Waals surface area contributed by atoms with Gasteiger partial charge in [0.05, 0.1) is 0 Å². The molecule has 0 bridgehead atoms. The molecule has 1 N–H and O–H groups in total. The van der Waals surface area contributed by atoms with Gasteiger partial charge in [-0.15, -0.1) is 0 Å². The summed E-state index contributed by atoms with van der Waals surface area (Å²) in [5, 5.41) is 9.34. The molecular formula is C22H25NO4. The number of ketones is 1. The van der Waals surface area contributed by atoms with Crippen molar-refractivity contribution >= 4 is 11.7 Å². The second-order valence-electron chi connectivity index (χ2n) is 7.18. The Morgan fingerprint density at radius 1 is 1.04 bits per heavy atom. The topological polar surface area (TPSA) is 66.8 Å². The number of amides is 1. The number of nitrogens with zero attached hydrogens (tertiary/aromatic N) is 1. The summed E-state index contributed by atoms with van der Waals surface area (Å²) in [5.41, 5.74) is 2.81. The Morgan fingerprint density at radius 2 is 1.63 bits per heavy atom. The molecular weight excluding hydrogens is 342 g/mol. The van der Waals surface area contributed by atoms with E-state index in [0.717, 1.165) is 11.1 Å². The van der Waals surface area contributed by atoms with Crippen molar-refractivity contribution < 1.29 is 19.4 Å². The van der Waals surface area contributed by atoms with Gasteiger partial charge in [-0.3, -0.25) is 9.59 Å². The maximum absolute atomic E-state index is 12.6. The molecule has 5 heteroatoms. The molecule has 0 aliphatic carbocycles. The lowest BCUT2D eigenvalue weighted by Crippen LogP contribution is -2.42. The monoisotopic (exact) mass is 367 g/mol. The minimum atomic E-state index is -0.0843. The van der Waals surface area contributed by atoms with E-state index in [4.69, 9.17) is 4.74 Å². The van der Waals surface area contributed by atoms with Crippen molar-refractivity contribution in [1.82, 2.24) is 4.90 Å². The predicted octanol–water partition coefficient (Wildman–Crippen LogP) is 3.51. The predicted molar refractivity (Wildman–Crippen MR) is 103 cm³/mol. The molecule has 2 aromatic rings. The van der Waals surface area contributed by atoms with Crippen LogP contribution in [-0.2, 0) is 4.79 Å². The molecule has 5 nitrogen and oxygen atoms in total. The van der Waals surface area contributed by atoms with Gasteiger partial charge in [-0.25, -0.2) is 0 Å². The number of piperidine rings is 1. The Morgan fingerprint density at radius 3 is 2.22 bits per heavy atom. The quantitative estimate of drug-likeness (QED) is 0.821. The van der Waals surface area contributed by atoms with E-state index in [0.29, 0.717) is 37.2 Å². The fraction of sp³-hybridized carbons (Fsp3) is 0.364. The summed E-state index contributed by atoms with van der Waals surface area (Å²) in [5.74, 6) is 0.797. The van der Waals surface area contributed by atoms with Crippen molar-refractivity contribution in [1.29, 1.82) is 0 Å². The lowest BCUT2D eigenvalue weighted by Gasteiger charge is -2.31. The highest BCUT2D eigenvalue weighted by Gasteiger charge is 2.28. The number of hydrogen-bond donors (Lipinski definition) is 1. The molecule has 142 valence electrons. The van der Waals surface area contributed by atoms with E-state index in [-0.39, 0.29) is 30.0 Å². The van der Waals surface area contributed by atoms with Crippen LogP contribution >= 0.6 is 0 Å². The summed E-state index contributed by atoms with van der Waals surface area (Å²) < 4.78 is 5.66. The van der Waals surface area contributed by atoms with E-state index in [1.807, 2.05) is 26.0 Å². The molecule has 1 fully saturated rings. The number of hydrogen-bond acceptors (Lipinski definition) is 4. The summed E-state index contributed by atoms with van der Waals surface area (Å²) in [6.07, 6.45) is 1.30. The minimum Gasteiger partial charge on any atom is -0.508 e. The van der Waals surface area contributed by atoms with Gasteiger partial charge in [-0.05, 0) is 74.2 Å². The summed E-state index contributed by atoms with van der Waals surface area (Å²) in [7, 11) is 0. The number of benzene rings is 2. The Kier molecular flexibility index (Phi) is 5.79. The number of phenolic OH excluding ortho intramolecular Hbond substituents is 1. The molecule has 1 aliphatic heterocycles. The zero-order valence-corrected chi connectivity index (χ0v) is 15.8. The van der Waals surface area contributed by atoms with Gasteiger partial charge in [0.1, 0.15) is 11.5 Å². The Bertz CT molecular complexity index is 800. The highest BCUT2D eigenvalue weighted by Crippen LogP contribution is 2.23. The molecule has 3 rings (SSSR count). The third kappa shape index (κ3) is 4.88. The van der Waals surface area contributed by atoms with Gasteiger partial charge >= 0.3 is 0 Å². The van der Waals surface area contributed by atoms with Crippen LogP contribution in [0.1, 0.15) is 34.3 Å². The van der Waals surface area contributed by atoms with Crippen LogP contribution in [0.15, 0.2) is 42.5 Å². The Labute approximate surface area is 159 Å². The smallest absolute Gasteiger partial charge is 0.260 e. The van der Waals surface area contributed by atoms with Crippen molar-refractivity contribution in [2.24, 2.45) is 5.92 Å². The van der Waals surface area contributed by atoms with Crippen LogP contribution in [-0.4, -0.2) is 41.4 Å². The van der Waals surface area contributed by atoms with Gasteiger partial charge in [0, 0.05) is 24.6 Å². The van der Waals surface area contributed by atoms with Crippen LogP contribution in [0.5, 0.6) is 11.5 Å². The number of carbonyl (C=O) groups excluding carboxylic acids is 2. The molecule has 0 radical (unpaired) electrons. The standard InChI is InChI=1S/C22H25NO4/c1-15-11-16(2)13-20(12-15)27-14-21(25)23-9-7-18(8-10-23)22(26)17-3-5-19(24)6-4-17/h3-6,11-13,18,24H,7-10,14H2,1-2H3. The molecule has 27 heavy (non-hydrogen) atoms. The van der Waals surface area contributed by atoms with Crippen molar-refractivity contribution in [3.05, 3.63) is 59.2 Å². The maximum atomic E-state index is 12.6. The highest BCUT2D eigenvalue weighted by molar-refractivity contribution is 5.98. The first-order valence-electron chi connectivity index (χ1n) is 9.24. The average Bonchev–Trinajstić information content (AvgIpc) is 2.65. The van der Waals surface area contributed by atoms with Gasteiger partial charge in [0.25, 0.3) is 5.91 Å². The van der Waals surface area contributed by atoms with Crippen LogP contribution in [0, 0.1) is 19.8 Å². The van der Waals surface area contributed by atoms with E-state index in [2.05, 4.69) is 6.07 Å². The number of phenols is 1. The lowest BCUT2D eigenvalue weighted by atomic mass is 9.89. The zero-order chi connectivity index (χ0) is 19.4. The molecule has 0 spiro atoms. The van der Waals surface area contributed by atoms with E-state index >= 15 is 0 Å². The normalized spacial score (nSPS) is 14.8. The molecule has 1 saturated heterocycles.